The third-order valence-electron chi connectivity index (χ3n) is 3.22. The minimum absolute atomic E-state index is 0.613. The summed E-state index contributed by atoms with van der Waals surface area (Å²) in [6, 6.07) is 2.02. The summed E-state index contributed by atoms with van der Waals surface area (Å²) in [6.07, 6.45) is 1.67. The molecule has 1 aliphatic heterocycles. The first kappa shape index (κ1) is 11.0. The van der Waals surface area contributed by atoms with Crippen LogP contribution in [0, 0.1) is 6.92 Å². The lowest BCUT2D eigenvalue weighted by Crippen LogP contribution is -2.41. The molecular weight excluding hydrogens is 208 g/mol. The molecule has 0 bridgehead atoms. The molecule has 0 atom stereocenters. The summed E-state index contributed by atoms with van der Waals surface area (Å²) in [4.78, 5) is 3.42. The highest BCUT2D eigenvalue weighted by Crippen LogP contribution is 2.35. The number of rotatable bonds is 2. The van der Waals surface area contributed by atoms with Crippen LogP contribution in [0.2, 0.25) is 0 Å². The lowest BCUT2D eigenvalue weighted by Gasteiger charge is -2.36. The number of piperidine rings is 1. The number of nitrogens with zero attached hydrogens (tertiary/aromatic N) is 2. The Morgan fingerprint density at radius 1 is 1.53 bits per heavy atom. The Hall–Kier alpha value is -0.450. The predicted molar refractivity (Wildman–Crippen MR) is 62.1 cm³/mol. The Bertz CT molecular complexity index is 329. The van der Waals surface area contributed by atoms with Crippen molar-refractivity contribution < 1.29 is 5.11 Å². The molecule has 0 unspecified atom stereocenters. The van der Waals surface area contributed by atoms with E-state index in [1.165, 1.54) is 11.5 Å². The van der Waals surface area contributed by atoms with Crippen LogP contribution in [0.25, 0.3) is 0 Å². The first-order valence-corrected chi connectivity index (χ1v) is 6.30. The smallest absolute Gasteiger partial charge is 0.103 e. The van der Waals surface area contributed by atoms with Gasteiger partial charge in [0.15, 0.2) is 0 Å². The fraction of sp³-hybridized carbons (Fsp3) is 0.727. The van der Waals surface area contributed by atoms with Gasteiger partial charge in [-0.25, -0.2) is 0 Å². The van der Waals surface area contributed by atoms with E-state index in [1.54, 1.807) is 0 Å². The Kier molecular flexibility index (Phi) is 3.09. The molecule has 1 aromatic rings. The van der Waals surface area contributed by atoms with Crippen molar-refractivity contribution >= 4 is 11.5 Å². The molecule has 0 aliphatic carbocycles. The second-order valence-electron chi connectivity index (χ2n) is 4.30. The molecule has 0 spiro atoms. The van der Waals surface area contributed by atoms with Crippen LogP contribution in [0.1, 0.15) is 30.3 Å². The number of aromatic nitrogens is 1. The van der Waals surface area contributed by atoms with Crippen LogP contribution in [0.5, 0.6) is 0 Å². The van der Waals surface area contributed by atoms with Crippen molar-refractivity contribution in [3.8, 4) is 0 Å². The van der Waals surface area contributed by atoms with E-state index in [2.05, 4.69) is 16.2 Å². The number of aliphatic hydroxyl groups is 1. The standard InChI is InChI=1S/C11H18N2OS/c1-3-13-6-4-11(14,5-7-13)10-8-9(2)12-15-10/h8,14H,3-7H2,1-2H3. The van der Waals surface area contributed by atoms with E-state index in [0.29, 0.717) is 0 Å². The molecule has 15 heavy (non-hydrogen) atoms. The van der Waals surface area contributed by atoms with Gasteiger partial charge in [0.2, 0.25) is 0 Å². The van der Waals surface area contributed by atoms with Crippen LogP contribution in [0.3, 0.4) is 0 Å². The van der Waals surface area contributed by atoms with E-state index in [1.807, 2.05) is 13.0 Å². The van der Waals surface area contributed by atoms with Gasteiger partial charge in [0.25, 0.3) is 0 Å². The summed E-state index contributed by atoms with van der Waals surface area (Å²) in [5.41, 5.74) is 0.402. The van der Waals surface area contributed by atoms with Crippen LogP contribution in [0.15, 0.2) is 6.07 Å². The third-order valence-corrected chi connectivity index (χ3v) is 4.29. The van der Waals surface area contributed by atoms with Gasteiger partial charge in [-0.3, -0.25) is 0 Å². The molecule has 84 valence electrons. The normalized spacial score (nSPS) is 21.8. The van der Waals surface area contributed by atoms with Gasteiger partial charge in [0.05, 0.1) is 10.6 Å². The van der Waals surface area contributed by atoms with E-state index < -0.39 is 5.60 Å². The molecule has 0 saturated carbocycles. The highest BCUT2D eigenvalue weighted by atomic mass is 32.1. The maximum Gasteiger partial charge on any atom is 0.103 e. The fourth-order valence-electron chi connectivity index (χ4n) is 2.07. The molecule has 1 aliphatic rings. The van der Waals surface area contributed by atoms with Crippen molar-refractivity contribution in [3.63, 3.8) is 0 Å². The zero-order chi connectivity index (χ0) is 10.9. The highest BCUT2D eigenvalue weighted by Gasteiger charge is 2.35. The largest absolute Gasteiger partial charge is 0.384 e. The summed E-state index contributed by atoms with van der Waals surface area (Å²) >= 11 is 1.45. The number of hydrogen-bond donors (Lipinski definition) is 1. The second-order valence-corrected chi connectivity index (χ2v) is 5.10. The molecule has 1 saturated heterocycles. The minimum Gasteiger partial charge on any atom is -0.384 e. The average molecular weight is 226 g/mol. The monoisotopic (exact) mass is 226 g/mol. The van der Waals surface area contributed by atoms with Gasteiger partial charge >= 0.3 is 0 Å². The van der Waals surface area contributed by atoms with Gasteiger partial charge in [0, 0.05) is 13.1 Å². The van der Waals surface area contributed by atoms with Crippen molar-refractivity contribution in [3.05, 3.63) is 16.6 Å². The Labute approximate surface area is 94.9 Å². The van der Waals surface area contributed by atoms with Gasteiger partial charge in [-0.1, -0.05) is 6.92 Å². The molecule has 1 aromatic heterocycles. The molecule has 2 heterocycles. The number of hydrogen-bond acceptors (Lipinski definition) is 4. The average Bonchev–Trinajstić information content (AvgIpc) is 2.67. The van der Waals surface area contributed by atoms with Crippen LogP contribution in [-0.2, 0) is 5.60 Å². The van der Waals surface area contributed by atoms with Crippen molar-refractivity contribution in [1.29, 1.82) is 0 Å². The highest BCUT2D eigenvalue weighted by molar-refractivity contribution is 7.06. The molecule has 0 amide bonds. The molecule has 2 rings (SSSR count). The zero-order valence-electron chi connectivity index (χ0n) is 9.36. The quantitative estimate of drug-likeness (QED) is 0.834. The van der Waals surface area contributed by atoms with Crippen LogP contribution >= 0.6 is 11.5 Å². The van der Waals surface area contributed by atoms with Gasteiger partial charge < -0.3 is 10.0 Å². The van der Waals surface area contributed by atoms with Crippen molar-refractivity contribution in [1.82, 2.24) is 9.27 Å². The molecular formula is C11H18N2OS. The van der Waals surface area contributed by atoms with Gasteiger partial charge in [-0.2, -0.15) is 4.37 Å². The Morgan fingerprint density at radius 2 is 2.20 bits per heavy atom. The summed E-state index contributed by atoms with van der Waals surface area (Å²) < 4.78 is 4.24. The van der Waals surface area contributed by atoms with E-state index in [0.717, 1.165) is 43.0 Å². The molecule has 4 heteroatoms. The van der Waals surface area contributed by atoms with E-state index in [-0.39, 0.29) is 0 Å². The summed E-state index contributed by atoms with van der Waals surface area (Å²) in [6.45, 7) is 7.21. The third kappa shape index (κ3) is 2.22. The number of likely N-dealkylation sites (tertiary alicyclic amines) is 1. The van der Waals surface area contributed by atoms with Gasteiger partial charge in [0.1, 0.15) is 5.60 Å². The van der Waals surface area contributed by atoms with Crippen molar-refractivity contribution in [2.24, 2.45) is 0 Å². The molecule has 0 aromatic carbocycles. The van der Waals surface area contributed by atoms with E-state index in [4.69, 9.17) is 0 Å². The molecule has 1 fully saturated rings. The fourth-order valence-corrected chi connectivity index (χ4v) is 2.96. The summed E-state index contributed by atoms with van der Waals surface area (Å²) in [5.74, 6) is 0. The van der Waals surface area contributed by atoms with E-state index in [9.17, 15) is 5.11 Å². The maximum atomic E-state index is 10.5. The van der Waals surface area contributed by atoms with Crippen LogP contribution < -0.4 is 0 Å². The van der Waals surface area contributed by atoms with Crippen molar-refractivity contribution in [2.45, 2.75) is 32.3 Å². The van der Waals surface area contributed by atoms with Crippen LogP contribution in [0.4, 0.5) is 0 Å². The Balaban J connectivity index is 2.09. The first-order chi connectivity index (χ1) is 7.14. The maximum absolute atomic E-state index is 10.5. The summed E-state index contributed by atoms with van der Waals surface area (Å²) in [7, 11) is 0. The first-order valence-electron chi connectivity index (χ1n) is 5.52. The lowest BCUT2D eigenvalue weighted by molar-refractivity contribution is -0.0217. The summed E-state index contributed by atoms with van der Waals surface area (Å²) in [5, 5.41) is 10.5. The van der Waals surface area contributed by atoms with E-state index >= 15 is 0 Å². The molecule has 0 radical (unpaired) electrons. The lowest BCUT2D eigenvalue weighted by atomic mass is 9.90. The zero-order valence-corrected chi connectivity index (χ0v) is 10.2. The van der Waals surface area contributed by atoms with Gasteiger partial charge in [-0.05, 0) is 43.9 Å². The minimum atomic E-state index is -0.613. The topological polar surface area (TPSA) is 36.4 Å². The molecule has 1 N–H and O–H groups in total. The second kappa shape index (κ2) is 4.20. The SMILES string of the molecule is CCN1CCC(O)(c2cc(C)ns2)CC1. The molecule has 3 nitrogen and oxygen atoms in total. The predicted octanol–water partition coefficient (Wildman–Crippen LogP) is 1.75. The Morgan fingerprint density at radius 3 is 2.67 bits per heavy atom. The van der Waals surface area contributed by atoms with Crippen LogP contribution in [-0.4, -0.2) is 34.0 Å². The van der Waals surface area contributed by atoms with Gasteiger partial charge in [-0.15, -0.1) is 0 Å². The number of aryl methyl sites for hydroxylation is 1. The van der Waals surface area contributed by atoms with Crippen molar-refractivity contribution in [2.75, 3.05) is 19.6 Å².